The summed E-state index contributed by atoms with van der Waals surface area (Å²) in [7, 11) is 0. The van der Waals surface area contributed by atoms with Crippen LogP contribution in [-0.4, -0.2) is 76.0 Å². The number of rotatable bonds is 2. The third-order valence-corrected chi connectivity index (χ3v) is 5.18. The predicted octanol–water partition coefficient (Wildman–Crippen LogP) is 2.82. The normalized spacial score (nSPS) is 23.2. The van der Waals surface area contributed by atoms with Crippen LogP contribution in [0.15, 0.2) is 24.5 Å². The molecule has 2 fully saturated rings. The molecule has 0 bridgehead atoms. The summed E-state index contributed by atoms with van der Waals surface area (Å²) in [5.41, 5.74) is -0.855. The lowest BCUT2D eigenvalue weighted by atomic mass is 9.71. The highest BCUT2D eigenvalue weighted by atomic mass is 19.4. The van der Waals surface area contributed by atoms with Crippen LogP contribution in [0.2, 0.25) is 0 Å². The molecule has 2 amide bonds. The molecule has 1 aromatic rings. The van der Waals surface area contributed by atoms with Gasteiger partial charge in [-0.1, -0.05) is 0 Å². The van der Waals surface area contributed by atoms with E-state index in [9.17, 15) is 31.5 Å². The van der Waals surface area contributed by atoms with Gasteiger partial charge in [0.1, 0.15) is 0 Å². The molecule has 2 saturated heterocycles. The summed E-state index contributed by atoms with van der Waals surface area (Å²) >= 11 is 0. The molecule has 12 heteroatoms. The number of pyridine rings is 1. The minimum atomic E-state index is -5.08. The molecule has 2 aliphatic heterocycles. The Hall–Kier alpha value is -2.79. The molecule has 1 atom stereocenters. The summed E-state index contributed by atoms with van der Waals surface area (Å²) in [5.74, 6) is -6.54. The molecular weight excluding hydrogens is 429 g/mol. The number of carbonyl (C=O) groups excluding carboxylic acids is 2. The first-order valence-corrected chi connectivity index (χ1v) is 9.48. The molecule has 1 N–H and O–H groups in total. The standard InChI is InChI=1S/C17H21F2N3O2.C2HF3O2/c1-2-21-9-3-6-16(15(21)24)10-17(18,19)12-22(11-16)14(23)13-4-7-20-8-5-13;3-2(4,5)1(6)7/h4-5,7-8H,2-3,6,9-12H2,1H3;(H,6,7). The van der Waals surface area contributed by atoms with Crippen molar-refractivity contribution in [3.8, 4) is 0 Å². The first-order chi connectivity index (χ1) is 14.3. The Morgan fingerprint density at radius 3 is 2.29 bits per heavy atom. The van der Waals surface area contributed by atoms with Gasteiger partial charge in [-0.2, -0.15) is 13.2 Å². The van der Waals surface area contributed by atoms with Crippen molar-refractivity contribution in [3.63, 3.8) is 0 Å². The van der Waals surface area contributed by atoms with Gasteiger partial charge in [0.25, 0.3) is 11.8 Å². The SMILES string of the molecule is CCN1CCCC2(CN(C(=O)c3ccncc3)CC(F)(F)C2)C1=O.O=C(O)C(F)(F)F. The van der Waals surface area contributed by atoms with Gasteiger partial charge in [0.2, 0.25) is 5.91 Å². The quantitative estimate of drug-likeness (QED) is 0.699. The van der Waals surface area contributed by atoms with Crippen molar-refractivity contribution in [2.75, 3.05) is 26.2 Å². The number of hydrogen-bond acceptors (Lipinski definition) is 4. The summed E-state index contributed by atoms with van der Waals surface area (Å²) in [6, 6.07) is 3.01. The number of aromatic nitrogens is 1. The highest BCUT2D eigenvalue weighted by Gasteiger charge is 2.55. The van der Waals surface area contributed by atoms with Crippen molar-refractivity contribution in [1.82, 2.24) is 14.8 Å². The lowest BCUT2D eigenvalue weighted by Crippen LogP contribution is -2.61. The fraction of sp³-hybridized carbons (Fsp3) is 0.579. The number of aliphatic carboxylic acids is 1. The molecule has 3 rings (SSSR count). The van der Waals surface area contributed by atoms with Gasteiger partial charge in [-0.25, -0.2) is 13.6 Å². The Kier molecular flexibility index (Phi) is 7.22. The van der Waals surface area contributed by atoms with Crippen LogP contribution in [0.3, 0.4) is 0 Å². The molecule has 2 aliphatic rings. The second-order valence-electron chi connectivity index (χ2n) is 7.50. The number of amides is 2. The number of carboxylic acid groups (broad SMARTS) is 1. The van der Waals surface area contributed by atoms with Gasteiger partial charge in [0.05, 0.1) is 12.0 Å². The first kappa shape index (κ1) is 24.5. The van der Waals surface area contributed by atoms with E-state index >= 15 is 0 Å². The van der Waals surface area contributed by atoms with E-state index < -0.39 is 42.4 Å². The van der Waals surface area contributed by atoms with E-state index in [-0.39, 0.29) is 12.5 Å². The van der Waals surface area contributed by atoms with Crippen molar-refractivity contribution in [2.45, 2.75) is 38.3 Å². The molecule has 7 nitrogen and oxygen atoms in total. The highest BCUT2D eigenvalue weighted by Crippen LogP contribution is 2.45. The first-order valence-electron chi connectivity index (χ1n) is 9.48. The largest absolute Gasteiger partial charge is 0.490 e. The zero-order valence-corrected chi connectivity index (χ0v) is 16.7. The molecule has 0 aromatic carbocycles. The summed E-state index contributed by atoms with van der Waals surface area (Å²) in [6.07, 6.45) is -1.56. The van der Waals surface area contributed by atoms with Gasteiger partial charge in [0, 0.05) is 44.0 Å². The fourth-order valence-electron chi connectivity index (χ4n) is 3.89. The second-order valence-corrected chi connectivity index (χ2v) is 7.50. The zero-order valence-electron chi connectivity index (χ0n) is 16.7. The number of nitrogens with zero attached hydrogens (tertiary/aromatic N) is 3. The minimum absolute atomic E-state index is 0.0546. The molecule has 0 saturated carbocycles. The van der Waals surface area contributed by atoms with Gasteiger partial charge < -0.3 is 14.9 Å². The van der Waals surface area contributed by atoms with Gasteiger partial charge in [-0.15, -0.1) is 0 Å². The number of halogens is 5. The Morgan fingerprint density at radius 2 is 1.77 bits per heavy atom. The van der Waals surface area contributed by atoms with Crippen LogP contribution in [0.1, 0.15) is 36.5 Å². The Morgan fingerprint density at radius 1 is 1.19 bits per heavy atom. The number of alkyl halides is 5. The fourth-order valence-corrected chi connectivity index (χ4v) is 3.89. The lowest BCUT2D eigenvalue weighted by molar-refractivity contribution is -0.192. The van der Waals surface area contributed by atoms with Crippen LogP contribution < -0.4 is 0 Å². The number of carboxylic acids is 1. The molecular formula is C19H22F5N3O4. The molecule has 0 aliphatic carbocycles. The van der Waals surface area contributed by atoms with E-state index in [1.165, 1.54) is 24.5 Å². The van der Waals surface area contributed by atoms with Crippen LogP contribution in [0, 0.1) is 5.41 Å². The van der Waals surface area contributed by atoms with Crippen molar-refractivity contribution in [1.29, 1.82) is 0 Å². The second kappa shape index (κ2) is 9.15. The maximum atomic E-state index is 14.4. The molecule has 0 radical (unpaired) electrons. The van der Waals surface area contributed by atoms with Crippen molar-refractivity contribution in [2.24, 2.45) is 5.41 Å². The van der Waals surface area contributed by atoms with Crippen LogP contribution >= 0.6 is 0 Å². The van der Waals surface area contributed by atoms with Crippen LogP contribution in [0.4, 0.5) is 22.0 Å². The molecule has 172 valence electrons. The Labute approximate surface area is 174 Å². The third-order valence-electron chi connectivity index (χ3n) is 5.18. The third kappa shape index (κ3) is 5.88. The highest BCUT2D eigenvalue weighted by molar-refractivity contribution is 5.95. The predicted molar refractivity (Wildman–Crippen MR) is 97.3 cm³/mol. The van der Waals surface area contributed by atoms with Gasteiger partial charge in [-0.3, -0.25) is 14.6 Å². The molecule has 3 heterocycles. The summed E-state index contributed by atoms with van der Waals surface area (Å²) < 4.78 is 60.5. The van der Waals surface area contributed by atoms with Gasteiger partial charge in [-0.05, 0) is 31.9 Å². The molecule has 1 spiro atoms. The molecule has 1 aromatic heterocycles. The van der Waals surface area contributed by atoms with Gasteiger partial charge >= 0.3 is 12.1 Å². The van der Waals surface area contributed by atoms with Crippen LogP contribution in [-0.2, 0) is 9.59 Å². The molecule has 1 unspecified atom stereocenters. The lowest BCUT2D eigenvalue weighted by Gasteiger charge is -2.49. The van der Waals surface area contributed by atoms with Crippen molar-refractivity contribution >= 4 is 17.8 Å². The van der Waals surface area contributed by atoms with E-state index in [1.54, 1.807) is 4.90 Å². The Bertz CT molecular complexity index is 819. The van der Waals surface area contributed by atoms with E-state index in [2.05, 4.69) is 4.98 Å². The summed E-state index contributed by atoms with van der Waals surface area (Å²) in [4.78, 5) is 40.9. The number of piperidine rings is 2. The average Bonchev–Trinajstić information content (AvgIpc) is 2.69. The Balaban J connectivity index is 0.000000423. The smallest absolute Gasteiger partial charge is 0.475 e. The topological polar surface area (TPSA) is 90.8 Å². The van der Waals surface area contributed by atoms with E-state index in [0.717, 1.165) is 4.90 Å². The maximum absolute atomic E-state index is 14.4. The van der Waals surface area contributed by atoms with E-state index in [4.69, 9.17) is 9.90 Å². The zero-order chi connectivity index (χ0) is 23.4. The van der Waals surface area contributed by atoms with Crippen LogP contribution in [0.25, 0.3) is 0 Å². The van der Waals surface area contributed by atoms with Crippen LogP contribution in [0.5, 0.6) is 0 Å². The summed E-state index contributed by atoms with van der Waals surface area (Å²) in [6.45, 7) is 2.36. The molecule has 31 heavy (non-hydrogen) atoms. The minimum Gasteiger partial charge on any atom is -0.475 e. The van der Waals surface area contributed by atoms with Crippen molar-refractivity contribution < 1.29 is 41.4 Å². The number of carbonyl (C=O) groups is 3. The van der Waals surface area contributed by atoms with Crippen molar-refractivity contribution in [3.05, 3.63) is 30.1 Å². The van der Waals surface area contributed by atoms with E-state index in [1.807, 2.05) is 6.92 Å². The number of likely N-dealkylation sites (tertiary alicyclic amines) is 2. The van der Waals surface area contributed by atoms with E-state index in [0.29, 0.717) is 31.5 Å². The summed E-state index contributed by atoms with van der Waals surface area (Å²) in [5, 5.41) is 7.12. The average molecular weight is 451 g/mol. The van der Waals surface area contributed by atoms with Gasteiger partial charge in [0.15, 0.2) is 0 Å². The number of hydrogen-bond donors (Lipinski definition) is 1. The monoisotopic (exact) mass is 451 g/mol. The maximum Gasteiger partial charge on any atom is 0.490 e.